The SMILES string of the molecule is CC1CC(C)CN(C(=O)c2ccccc2NC(=O)Cn2nnc3ccccc3c2=O)C1. The first-order valence-corrected chi connectivity index (χ1v) is 10.4. The van der Waals surface area contributed by atoms with Crippen LogP contribution in [0.4, 0.5) is 5.69 Å². The van der Waals surface area contributed by atoms with Crippen LogP contribution in [0, 0.1) is 11.8 Å². The van der Waals surface area contributed by atoms with Gasteiger partial charge in [-0.25, -0.2) is 4.68 Å². The van der Waals surface area contributed by atoms with Crippen LogP contribution in [0.15, 0.2) is 53.3 Å². The van der Waals surface area contributed by atoms with E-state index < -0.39 is 5.91 Å². The van der Waals surface area contributed by atoms with E-state index in [1.54, 1.807) is 48.5 Å². The van der Waals surface area contributed by atoms with Crippen LogP contribution in [0.3, 0.4) is 0 Å². The summed E-state index contributed by atoms with van der Waals surface area (Å²) in [4.78, 5) is 40.2. The monoisotopic (exact) mass is 419 g/mol. The number of carbonyl (C=O) groups excluding carboxylic acids is 2. The predicted octanol–water partition coefficient (Wildman–Crippen LogP) is 2.55. The van der Waals surface area contributed by atoms with E-state index in [0.717, 1.165) is 11.1 Å². The van der Waals surface area contributed by atoms with Gasteiger partial charge in [-0.3, -0.25) is 14.4 Å². The second-order valence-corrected chi connectivity index (χ2v) is 8.32. The molecule has 3 aromatic rings. The Balaban J connectivity index is 1.53. The standard InChI is InChI=1S/C23H25N5O3/c1-15-11-16(2)13-27(12-15)22(30)17-7-3-5-9-19(17)24-21(29)14-28-23(31)18-8-4-6-10-20(18)25-26-28/h3-10,15-16H,11-14H2,1-2H3,(H,24,29). The van der Waals surface area contributed by atoms with Gasteiger partial charge in [0.1, 0.15) is 12.1 Å². The van der Waals surface area contributed by atoms with Gasteiger partial charge in [0.05, 0.1) is 16.6 Å². The number of carbonyl (C=O) groups is 2. The van der Waals surface area contributed by atoms with Gasteiger partial charge in [-0.2, -0.15) is 0 Å². The van der Waals surface area contributed by atoms with Crippen LogP contribution in [0.2, 0.25) is 0 Å². The molecule has 2 unspecified atom stereocenters. The summed E-state index contributed by atoms with van der Waals surface area (Å²) in [7, 11) is 0. The molecule has 0 spiro atoms. The molecule has 0 aliphatic carbocycles. The molecule has 2 amide bonds. The molecule has 0 radical (unpaired) electrons. The summed E-state index contributed by atoms with van der Waals surface area (Å²) >= 11 is 0. The number of nitrogens with one attached hydrogen (secondary N) is 1. The molecule has 31 heavy (non-hydrogen) atoms. The molecule has 1 saturated heterocycles. The van der Waals surface area contributed by atoms with Crippen molar-refractivity contribution in [2.24, 2.45) is 11.8 Å². The van der Waals surface area contributed by atoms with Crippen LogP contribution >= 0.6 is 0 Å². The van der Waals surface area contributed by atoms with Crippen molar-refractivity contribution in [3.05, 3.63) is 64.4 Å². The lowest BCUT2D eigenvalue weighted by molar-refractivity contribution is -0.117. The first kappa shape index (κ1) is 20.7. The van der Waals surface area contributed by atoms with Gasteiger partial charge in [-0.15, -0.1) is 5.10 Å². The summed E-state index contributed by atoms with van der Waals surface area (Å²) in [5.74, 6) is 0.324. The maximum atomic E-state index is 13.1. The lowest BCUT2D eigenvalue weighted by Gasteiger charge is -2.35. The highest BCUT2D eigenvalue weighted by atomic mass is 16.2. The topological polar surface area (TPSA) is 97.2 Å². The van der Waals surface area contributed by atoms with Crippen molar-refractivity contribution in [3.63, 3.8) is 0 Å². The van der Waals surface area contributed by atoms with E-state index in [4.69, 9.17) is 0 Å². The van der Waals surface area contributed by atoms with E-state index in [0.29, 0.717) is 47.1 Å². The lowest BCUT2D eigenvalue weighted by atomic mass is 9.91. The molecule has 160 valence electrons. The second kappa shape index (κ2) is 8.67. The van der Waals surface area contributed by atoms with Gasteiger partial charge in [-0.05, 0) is 42.5 Å². The van der Waals surface area contributed by atoms with Crippen molar-refractivity contribution in [1.29, 1.82) is 0 Å². The van der Waals surface area contributed by atoms with Crippen LogP contribution in [-0.2, 0) is 11.3 Å². The molecular weight excluding hydrogens is 394 g/mol. The van der Waals surface area contributed by atoms with Crippen LogP contribution in [-0.4, -0.2) is 44.8 Å². The van der Waals surface area contributed by atoms with Crippen LogP contribution in [0.1, 0.15) is 30.6 Å². The van der Waals surface area contributed by atoms with Gasteiger partial charge in [-0.1, -0.05) is 43.3 Å². The number of para-hydroxylation sites is 1. The first-order chi connectivity index (χ1) is 14.9. The lowest BCUT2D eigenvalue weighted by Crippen LogP contribution is -2.42. The number of aromatic nitrogens is 3. The minimum Gasteiger partial charge on any atom is -0.338 e. The number of rotatable bonds is 4. The van der Waals surface area contributed by atoms with Crippen LogP contribution < -0.4 is 10.9 Å². The molecular formula is C23H25N5O3. The number of piperidine rings is 1. The van der Waals surface area contributed by atoms with Crippen LogP contribution in [0.25, 0.3) is 10.9 Å². The van der Waals surface area contributed by atoms with Crippen molar-refractivity contribution in [2.75, 3.05) is 18.4 Å². The Kier molecular flexibility index (Phi) is 5.79. The zero-order chi connectivity index (χ0) is 22.0. The van der Waals surface area contributed by atoms with E-state index in [-0.39, 0.29) is 18.0 Å². The van der Waals surface area contributed by atoms with Gasteiger partial charge in [0, 0.05) is 13.1 Å². The third-order valence-electron chi connectivity index (χ3n) is 5.51. The molecule has 4 rings (SSSR count). The smallest absolute Gasteiger partial charge is 0.278 e. The van der Waals surface area contributed by atoms with Crippen molar-refractivity contribution in [2.45, 2.75) is 26.8 Å². The Morgan fingerprint density at radius 1 is 1.03 bits per heavy atom. The molecule has 1 N–H and O–H groups in total. The van der Waals surface area contributed by atoms with Gasteiger partial charge in [0.25, 0.3) is 11.5 Å². The highest BCUT2D eigenvalue weighted by Crippen LogP contribution is 2.25. The fourth-order valence-electron chi connectivity index (χ4n) is 4.23. The van der Waals surface area contributed by atoms with Crippen molar-refractivity contribution >= 4 is 28.4 Å². The molecule has 8 nitrogen and oxygen atoms in total. The number of nitrogens with zero attached hydrogens (tertiary/aromatic N) is 4. The fourth-order valence-corrected chi connectivity index (χ4v) is 4.23. The number of fused-ring (bicyclic) bond motifs is 1. The summed E-state index contributed by atoms with van der Waals surface area (Å²) < 4.78 is 1.02. The van der Waals surface area contributed by atoms with Gasteiger partial charge < -0.3 is 10.2 Å². The Labute approximate surface area is 179 Å². The molecule has 1 fully saturated rings. The van der Waals surface area contributed by atoms with Gasteiger partial charge >= 0.3 is 0 Å². The van der Waals surface area contributed by atoms with Crippen molar-refractivity contribution in [1.82, 2.24) is 19.9 Å². The van der Waals surface area contributed by atoms with E-state index in [1.165, 1.54) is 0 Å². The average molecular weight is 419 g/mol. The number of benzene rings is 2. The Bertz CT molecular complexity index is 1180. The summed E-state index contributed by atoms with van der Waals surface area (Å²) in [5, 5.41) is 11.0. The minimum absolute atomic E-state index is 0.100. The highest BCUT2D eigenvalue weighted by molar-refractivity contribution is 6.03. The Morgan fingerprint density at radius 3 is 2.48 bits per heavy atom. The largest absolute Gasteiger partial charge is 0.338 e. The van der Waals surface area contributed by atoms with E-state index in [9.17, 15) is 14.4 Å². The molecule has 0 saturated carbocycles. The maximum Gasteiger partial charge on any atom is 0.278 e. The minimum atomic E-state index is -0.452. The number of anilines is 1. The zero-order valence-electron chi connectivity index (χ0n) is 17.6. The van der Waals surface area contributed by atoms with E-state index in [1.807, 2.05) is 4.90 Å². The zero-order valence-corrected chi connectivity index (χ0v) is 17.6. The molecule has 1 aromatic heterocycles. The average Bonchev–Trinajstić information content (AvgIpc) is 2.75. The molecule has 1 aliphatic rings. The van der Waals surface area contributed by atoms with Gasteiger partial charge in [0.15, 0.2) is 0 Å². The Morgan fingerprint density at radius 2 is 1.71 bits per heavy atom. The third kappa shape index (κ3) is 4.47. The molecule has 0 bridgehead atoms. The summed E-state index contributed by atoms with van der Waals surface area (Å²) in [6, 6.07) is 13.8. The summed E-state index contributed by atoms with van der Waals surface area (Å²) in [5.41, 5.74) is 0.950. The second-order valence-electron chi connectivity index (χ2n) is 8.32. The normalized spacial score (nSPS) is 18.7. The number of hydrogen-bond donors (Lipinski definition) is 1. The van der Waals surface area contributed by atoms with Gasteiger partial charge in [0.2, 0.25) is 5.91 Å². The first-order valence-electron chi connectivity index (χ1n) is 10.4. The maximum absolute atomic E-state index is 13.1. The number of likely N-dealkylation sites (tertiary alicyclic amines) is 1. The molecule has 8 heteroatoms. The highest BCUT2D eigenvalue weighted by Gasteiger charge is 2.27. The molecule has 2 heterocycles. The van der Waals surface area contributed by atoms with Crippen molar-refractivity contribution in [3.8, 4) is 0 Å². The Hall–Kier alpha value is -3.55. The number of hydrogen-bond acceptors (Lipinski definition) is 5. The number of amides is 2. The van der Waals surface area contributed by atoms with E-state index >= 15 is 0 Å². The van der Waals surface area contributed by atoms with Crippen molar-refractivity contribution < 1.29 is 9.59 Å². The predicted molar refractivity (Wildman–Crippen MR) is 118 cm³/mol. The van der Waals surface area contributed by atoms with Crippen LogP contribution in [0.5, 0.6) is 0 Å². The molecule has 1 aliphatic heterocycles. The molecule has 2 atom stereocenters. The molecule has 2 aromatic carbocycles. The summed E-state index contributed by atoms with van der Waals surface area (Å²) in [6.07, 6.45) is 1.10. The summed E-state index contributed by atoms with van der Waals surface area (Å²) in [6.45, 7) is 5.40. The third-order valence-corrected chi connectivity index (χ3v) is 5.51. The quantitative estimate of drug-likeness (QED) is 0.701. The van der Waals surface area contributed by atoms with E-state index in [2.05, 4.69) is 29.5 Å². The fraction of sp³-hybridized carbons (Fsp3) is 0.348.